The van der Waals surface area contributed by atoms with Gasteiger partial charge in [0.25, 0.3) is 5.91 Å². The highest BCUT2D eigenvalue weighted by Gasteiger charge is 2.41. The van der Waals surface area contributed by atoms with Crippen molar-refractivity contribution in [1.82, 2.24) is 5.32 Å². The Labute approximate surface area is 123 Å². The molecule has 0 bridgehead atoms. The van der Waals surface area contributed by atoms with E-state index < -0.39 is 17.2 Å². The van der Waals surface area contributed by atoms with E-state index in [4.69, 9.17) is 9.84 Å². The van der Waals surface area contributed by atoms with Crippen molar-refractivity contribution in [2.45, 2.75) is 26.2 Å². The predicted octanol–water partition coefficient (Wildman–Crippen LogP) is 2.31. The van der Waals surface area contributed by atoms with Crippen LogP contribution in [0.3, 0.4) is 0 Å². The quantitative estimate of drug-likeness (QED) is 0.812. The van der Waals surface area contributed by atoms with Crippen molar-refractivity contribution in [1.29, 1.82) is 0 Å². The van der Waals surface area contributed by atoms with Crippen molar-refractivity contribution in [2.24, 2.45) is 5.41 Å². The molecule has 1 aromatic rings. The third-order valence-corrected chi connectivity index (χ3v) is 3.25. The number of aliphatic hydroxyl groups is 1. The van der Waals surface area contributed by atoms with E-state index >= 15 is 0 Å². The van der Waals surface area contributed by atoms with E-state index in [9.17, 15) is 13.6 Å². The van der Waals surface area contributed by atoms with Crippen LogP contribution in [0, 0.1) is 5.41 Å². The van der Waals surface area contributed by atoms with Gasteiger partial charge >= 0.3 is 5.92 Å². The summed E-state index contributed by atoms with van der Waals surface area (Å²) in [6, 6.07) is 5.09. The lowest BCUT2D eigenvalue weighted by atomic mass is 9.89. The maximum Gasteiger partial charge on any atom is 0.349 e. The summed E-state index contributed by atoms with van der Waals surface area (Å²) in [5.74, 6) is -4.51. The van der Waals surface area contributed by atoms with Crippen LogP contribution in [-0.2, 0) is 10.7 Å². The van der Waals surface area contributed by atoms with Gasteiger partial charge in [-0.25, -0.2) is 0 Å². The van der Waals surface area contributed by atoms with Crippen molar-refractivity contribution in [3.8, 4) is 5.75 Å². The Morgan fingerprint density at radius 1 is 1.29 bits per heavy atom. The van der Waals surface area contributed by atoms with Crippen LogP contribution in [0.4, 0.5) is 8.78 Å². The summed E-state index contributed by atoms with van der Waals surface area (Å²) in [5.41, 5.74) is -0.832. The molecule has 0 unspecified atom stereocenters. The first-order valence-corrected chi connectivity index (χ1v) is 6.64. The molecular weight excluding hydrogens is 280 g/mol. The number of methoxy groups -OCH3 is 1. The third kappa shape index (κ3) is 4.67. The zero-order valence-electron chi connectivity index (χ0n) is 12.5. The molecular formula is C15H21F2NO3. The molecule has 1 amide bonds. The molecule has 0 saturated heterocycles. The molecule has 0 radical (unpaired) electrons. The molecule has 0 saturated carbocycles. The van der Waals surface area contributed by atoms with Crippen molar-refractivity contribution >= 4 is 5.91 Å². The number of hydrogen-bond acceptors (Lipinski definition) is 3. The fraction of sp³-hybridized carbons (Fsp3) is 0.533. The minimum absolute atomic E-state index is 0.0578. The number of carbonyl (C=O) groups excluding carboxylic acids is 1. The van der Waals surface area contributed by atoms with Gasteiger partial charge in [-0.1, -0.05) is 13.8 Å². The minimum atomic E-state index is -3.61. The van der Waals surface area contributed by atoms with Crippen LogP contribution in [0.5, 0.6) is 5.75 Å². The molecule has 0 fully saturated rings. The number of aliphatic hydroxyl groups excluding tert-OH is 1. The molecule has 4 nitrogen and oxygen atoms in total. The smallest absolute Gasteiger partial charge is 0.349 e. The van der Waals surface area contributed by atoms with Crippen molar-refractivity contribution < 1.29 is 23.4 Å². The highest BCUT2D eigenvalue weighted by Crippen LogP contribution is 2.30. The molecule has 1 aromatic carbocycles. The van der Waals surface area contributed by atoms with Crippen LogP contribution in [0.1, 0.15) is 25.8 Å². The number of benzene rings is 1. The second kappa shape index (κ2) is 6.85. The highest BCUT2D eigenvalue weighted by atomic mass is 19.3. The fourth-order valence-electron chi connectivity index (χ4n) is 1.75. The molecule has 0 heterocycles. The lowest BCUT2D eigenvalue weighted by Gasteiger charge is -2.25. The van der Waals surface area contributed by atoms with Crippen LogP contribution >= 0.6 is 0 Å². The van der Waals surface area contributed by atoms with Gasteiger partial charge in [0, 0.05) is 18.7 Å². The molecule has 21 heavy (non-hydrogen) atoms. The Morgan fingerprint density at radius 2 is 1.86 bits per heavy atom. The fourth-order valence-corrected chi connectivity index (χ4v) is 1.75. The Balaban J connectivity index is 2.74. The predicted molar refractivity (Wildman–Crippen MR) is 75.4 cm³/mol. The molecule has 6 heteroatoms. The molecule has 0 aliphatic carbocycles. The third-order valence-electron chi connectivity index (χ3n) is 3.25. The van der Waals surface area contributed by atoms with Gasteiger partial charge in [-0.05, 0) is 36.1 Å². The topological polar surface area (TPSA) is 58.6 Å². The van der Waals surface area contributed by atoms with Gasteiger partial charge in [0.15, 0.2) is 0 Å². The standard InChI is InChI=1S/C15H21F2NO3/c1-14(2,8-9-19)10-18-13(20)15(16,17)11-4-6-12(21-3)7-5-11/h4-7,19H,8-10H2,1-3H3,(H,18,20). The van der Waals surface area contributed by atoms with Gasteiger partial charge in [0.1, 0.15) is 5.75 Å². The summed E-state index contributed by atoms with van der Waals surface area (Å²) < 4.78 is 33.0. The first-order chi connectivity index (χ1) is 9.73. The van der Waals surface area contributed by atoms with E-state index in [0.717, 1.165) is 12.1 Å². The largest absolute Gasteiger partial charge is 0.497 e. The number of rotatable bonds is 7. The zero-order valence-corrected chi connectivity index (χ0v) is 12.5. The number of ether oxygens (including phenoxy) is 1. The Bertz CT molecular complexity index is 472. The minimum Gasteiger partial charge on any atom is -0.497 e. The van der Waals surface area contributed by atoms with Crippen LogP contribution in [0.15, 0.2) is 24.3 Å². The van der Waals surface area contributed by atoms with Gasteiger partial charge in [0.2, 0.25) is 0 Å². The molecule has 0 spiro atoms. The highest BCUT2D eigenvalue weighted by molar-refractivity contribution is 5.84. The molecule has 0 aliphatic rings. The molecule has 0 atom stereocenters. The van der Waals surface area contributed by atoms with E-state index in [1.54, 1.807) is 13.8 Å². The maximum absolute atomic E-state index is 14.0. The summed E-state index contributed by atoms with van der Waals surface area (Å²) >= 11 is 0. The monoisotopic (exact) mass is 301 g/mol. The normalized spacial score (nSPS) is 12.1. The molecule has 2 N–H and O–H groups in total. The van der Waals surface area contributed by atoms with E-state index in [0.29, 0.717) is 12.2 Å². The van der Waals surface area contributed by atoms with Crippen LogP contribution in [-0.4, -0.2) is 31.3 Å². The number of halogens is 2. The Kier molecular flexibility index (Phi) is 5.66. The van der Waals surface area contributed by atoms with Gasteiger partial charge in [-0.3, -0.25) is 4.79 Å². The number of nitrogens with one attached hydrogen (secondary N) is 1. The van der Waals surface area contributed by atoms with E-state index in [2.05, 4.69) is 5.32 Å². The molecule has 118 valence electrons. The number of alkyl halides is 2. The molecule has 0 aromatic heterocycles. The van der Waals surface area contributed by atoms with Crippen LogP contribution in [0.25, 0.3) is 0 Å². The average molecular weight is 301 g/mol. The van der Waals surface area contributed by atoms with Gasteiger partial charge in [-0.15, -0.1) is 0 Å². The zero-order chi connectivity index (χ0) is 16.1. The summed E-state index contributed by atoms with van der Waals surface area (Å²) in [4.78, 5) is 11.7. The second-order valence-corrected chi connectivity index (χ2v) is 5.62. The first-order valence-electron chi connectivity index (χ1n) is 6.64. The number of amides is 1. The van der Waals surface area contributed by atoms with Gasteiger partial charge in [0.05, 0.1) is 7.11 Å². The number of hydrogen-bond donors (Lipinski definition) is 2. The maximum atomic E-state index is 14.0. The van der Waals surface area contributed by atoms with Crippen molar-refractivity contribution in [3.05, 3.63) is 29.8 Å². The van der Waals surface area contributed by atoms with Gasteiger partial charge < -0.3 is 15.2 Å². The van der Waals surface area contributed by atoms with E-state index in [1.165, 1.54) is 19.2 Å². The molecule has 0 aliphatic heterocycles. The number of carbonyl (C=O) groups is 1. The average Bonchev–Trinajstić information content (AvgIpc) is 2.44. The van der Waals surface area contributed by atoms with E-state index in [-0.39, 0.29) is 18.7 Å². The second-order valence-electron chi connectivity index (χ2n) is 5.62. The Morgan fingerprint density at radius 3 is 2.33 bits per heavy atom. The van der Waals surface area contributed by atoms with E-state index in [1.807, 2.05) is 0 Å². The molecule has 1 rings (SSSR count). The van der Waals surface area contributed by atoms with Crippen molar-refractivity contribution in [2.75, 3.05) is 20.3 Å². The van der Waals surface area contributed by atoms with Gasteiger partial charge in [-0.2, -0.15) is 8.78 Å². The summed E-state index contributed by atoms with van der Waals surface area (Å²) in [5, 5.41) is 11.1. The van der Waals surface area contributed by atoms with Crippen LogP contribution in [0.2, 0.25) is 0 Å². The Hall–Kier alpha value is -1.69. The summed E-state index contributed by atoms with van der Waals surface area (Å²) in [6.07, 6.45) is 0.418. The lowest BCUT2D eigenvalue weighted by Crippen LogP contribution is -2.42. The SMILES string of the molecule is COc1ccc(C(F)(F)C(=O)NCC(C)(C)CCO)cc1. The van der Waals surface area contributed by atoms with Crippen molar-refractivity contribution in [3.63, 3.8) is 0 Å². The summed E-state index contributed by atoms with van der Waals surface area (Å²) in [6.45, 7) is 3.58. The first kappa shape index (κ1) is 17.4. The van der Waals surface area contributed by atoms with Crippen LogP contribution < -0.4 is 10.1 Å². The summed E-state index contributed by atoms with van der Waals surface area (Å²) in [7, 11) is 1.43. The lowest BCUT2D eigenvalue weighted by molar-refractivity contribution is -0.147.